The van der Waals surface area contributed by atoms with Crippen LogP contribution in [-0.4, -0.2) is 11.5 Å². The Labute approximate surface area is 70.7 Å². The summed E-state index contributed by atoms with van der Waals surface area (Å²) in [6.07, 6.45) is 7.68. The maximum absolute atomic E-state index is 5.08. The van der Waals surface area contributed by atoms with Gasteiger partial charge in [0.2, 0.25) is 0 Å². The molecule has 0 amide bonds. The van der Waals surface area contributed by atoms with Crippen LogP contribution in [0.4, 0.5) is 0 Å². The molecule has 1 heterocycles. The molecule has 2 nitrogen and oxygen atoms in total. The van der Waals surface area contributed by atoms with E-state index in [2.05, 4.69) is 16.2 Å². The molecular weight excluding hydrogens is 156 g/mol. The molecule has 1 rings (SSSR count). The van der Waals surface area contributed by atoms with Gasteiger partial charge in [-0.15, -0.1) is 23.7 Å². The summed E-state index contributed by atoms with van der Waals surface area (Å²) in [6, 6.07) is 0. The molecule has 0 atom stereocenters. The van der Waals surface area contributed by atoms with Crippen LogP contribution in [0.5, 0.6) is 0 Å². The predicted molar refractivity (Wildman–Crippen MR) is 47.3 cm³/mol. The van der Waals surface area contributed by atoms with Crippen molar-refractivity contribution in [2.75, 3.05) is 6.54 Å². The van der Waals surface area contributed by atoms with Gasteiger partial charge in [-0.05, 0) is 0 Å². The van der Waals surface area contributed by atoms with Crippen LogP contribution in [0.25, 0.3) is 0 Å². The molecule has 1 aromatic rings. The van der Waals surface area contributed by atoms with E-state index in [9.17, 15) is 0 Å². The molecule has 0 aliphatic heterocycles. The highest BCUT2D eigenvalue weighted by Gasteiger charge is 1.91. The normalized spacial score (nSPS) is 9.36. The lowest BCUT2D eigenvalue weighted by molar-refractivity contribution is 0.698. The summed E-state index contributed by atoms with van der Waals surface area (Å²) in [5.41, 5.74) is 0. The van der Waals surface area contributed by atoms with Crippen molar-refractivity contribution in [3.05, 3.63) is 16.6 Å². The second-order valence-electron chi connectivity index (χ2n) is 2.06. The third-order valence-corrected chi connectivity index (χ3v) is 1.99. The quantitative estimate of drug-likeness (QED) is 0.538. The first-order valence-electron chi connectivity index (χ1n) is 3.46. The molecule has 0 aliphatic rings. The second-order valence-corrected chi connectivity index (χ2v) is 3.04. The summed E-state index contributed by atoms with van der Waals surface area (Å²) in [7, 11) is 0. The zero-order chi connectivity index (χ0) is 7.94. The Balaban J connectivity index is 2.10. The number of hydrogen-bond acceptors (Lipinski definition) is 3. The van der Waals surface area contributed by atoms with Gasteiger partial charge in [0.25, 0.3) is 0 Å². The van der Waals surface area contributed by atoms with Crippen LogP contribution in [0.2, 0.25) is 0 Å². The number of thiazole rings is 1. The van der Waals surface area contributed by atoms with Gasteiger partial charge in [0.1, 0.15) is 5.01 Å². The van der Waals surface area contributed by atoms with Gasteiger partial charge in [0.15, 0.2) is 0 Å². The molecule has 0 aromatic carbocycles. The van der Waals surface area contributed by atoms with E-state index in [0.29, 0.717) is 0 Å². The minimum absolute atomic E-state index is 0.783. The van der Waals surface area contributed by atoms with Crippen molar-refractivity contribution in [2.24, 2.45) is 0 Å². The molecule has 3 heteroatoms. The summed E-state index contributed by atoms with van der Waals surface area (Å²) < 4.78 is 0. The van der Waals surface area contributed by atoms with Gasteiger partial charge >= 0.3 is 0 Å². The Morgan fingerprint density at radius 1 is 1.73 bits per heavy atom. The topological polar surface area (TPSA) is 24.9 Å². The van der Waals surface area contributed by atoms with Crippen molar-refractivity contribution >= 4 is 11.3 Å². The lowest BCUT2D eigenvalue weighted by atomic mass is 10.4. The van der Waals surface area contributed by atoms with Crippen LogP contribution in [0.15, 0.2) is 11.6 Å². The Hall–Kier alpha value is -0.850. The fourth-order valence-electron chi connectivity index (χ4n) is 0.696. The predicted octanol–water partition coefficient (Wildman–Crippen LogP) is 1.26. The van der Waals surface area contributed by atoms with Gasteiger partial charge < -0.3 is 5.32 Å². The van der Waals surface area contributed by atoms with E-state index in [0.717, 1.165) is 24.5 Å². The number of terminal acetylenes is 1. The van der Waals surface area contributed by atoms with E-state index in [4.69, 9.17) is 6.42 Å². The average Bonchev–Trinajstić information content (AvgIpc) is 2.50. The minimum Gasteiger partial charge on any atom is -0.310 e. The standard InChI is InChI=1S/C8H10N2S/c1-2-3-4-9-7-8-10-5-6-11-8/h1,5-6,9H,3-4,7H2. The van der Waals surface area contributed by atoms with E-state index in [1.165, 1.54) is 0 Å². The minimum atomic E-state index is 0.783. The molecule has 0 fully saturated rings. The average molecular weight is 166 g/mol. The summed E-state index contributed by atoms with van der Waals surface area (Å²) in [5, 5.41) is 6.28. The first-order valence-corrected chi connectivity index (χ1v) is 4.34. The van der Waals surface area contributed by atoms with E-state index >= 15 is 0 Å². The van der Waals surface area contributed by atoms with Gasteiger partial charge in [-0.3, -0.25) is 0 Å². The molecule has 1 aromatic heterocycles. The molecular formula is C8H10N2S. The molecule has 58 valence electrons. The zero-order valence-corrected chi connectivity index (χ0v) is 7.03. The van der Waals surface area contributed by atoms with Crippen molar-refractivity contribution in [1.82, 2.24) is 10.3 Å². The highest BCUT2D eigenvalue weighted by molar-refractivity contribution is 7.09. The van der Waals surface area contributed by atoms with E-state index in [1.54, 1.807) is 11.3 Å². The van der Waals surface area contributed by atoms with Crippen molar-refractivity contribution in [3.63, 3.8) is 0 Å². The number of aromatic nitrogens is 1. The first-order chi connectivity index (χ1) is 5.43. The maximum Gasteiger partial charge on any atom is 0.106 e. The fourth-order valence-corrected chi connectivity index (χ4v) is 1.28. The Morgan fingerprint density at radius 3 is 3.27 bits per heavy atom. The van der Waals surface area contributed by atoms with Crippen molar-refractivity contribution in [1.29, 1.82) is 0 Å². The maximum atomic E-state index is 5.08. The highest BCUT2D eigenvalue weighted by atomic mass is 32.1. The van der Waals surface area contributed by atoms with E-state index in [-0.39, 0.29) is 0 Å². The van der Waals surface area contributed by atoms with Crippen LogP contribution >= 0.6 is 11.3 Å². The molecule has 11 heavy (non-hydrogen) atoms. The zero-order valence-electron chi connectivity index (χ0n) is 6.21. The van der Waals surface area contributed by atoms with Crippen molar-refractivity contribution < 1.29 is 0 Å². The SMILES string of the molecule is C#CCCNCc1nccs1. The van der Waals surface area contributed by atoms with Crippen LogP contribution in [0.1, 0.15) is 11.4 Å². The van der Waals surface area contributed by atoms with Gasteiger partial charge in [0, 0.05) is 31.1 Å². The second kappa shape index (κ2) is 4.89. The summed E-state index contributed by atoms with van der Waals surface area (Å²) in [4.78, 5) is 4.12. The van der Waals surface area contributed by atoms with Gasteiger partial charge in [-0.2, -0.15) is 0 Å². The van der Waals surface area contributed by atoms with Crippen molar-refractivity contribution in [3.8, 4) is 12.3 Å². The van der Waals surface area contributed by atoms with Crippen LogP contribution < -0.4 is 5.32 Å². The summed E-state index contributed by atoms with van der Waals surface area (Å²) in [6.45, 7) is 1.70. The number of nitrogens with one attached hydrogen (secondary N) is 1. The third kappa shape index (κ3) is 3.17. The molecule has 1 N–H and O–H groups in total. The number of hydrogen-bond donors (Lipinski definition) is 1. The van der Waals surface area contributed by atoms with Crippen LogP contribution in [-0.2, 0) is 6.54 Å². The van der Waals surface area contributed by atoms with Crippen LogP contribution in [0, 0.1) is 12.3 Å². The number of nitrogens with zero attached hydrogens (tertiary/aromatic N) is 1. The third-order valence-electron chi connectivity index (χ3n) is 1.21. The molecule has 0 bridgehead atoms. The monoisotopic (exact) mass is 166 g/mol. The number of rotatable bonds is 4. The fraction of sp³-hybridized carbons (Fsp3) is 0.375. The first kappa shape index (κ1) is 8.25. The van der Waals surface area contributed by atoms with Gasteiger partial charge in [0.05, 0.1) is 0 Å². The summed E-state index contributed by atoms with van der Waals surface area (Å²) in [5.74, 6) is 2.57. The molecule has 0 saturated heterocycles. The van der Waals surface area contributed by atoms with Crippen LogP contribution in [0.3, 0.4) is 0 Å². The summed E-state index contributed by atoms with van der Waals surface area (Å²) >= 11 is 1.66. The lowest BCUT2D eigenvalue weighted by Gasteiger charge is -1.96. The molecule has 0 spiro atoms. The van der Waals surface area contributed by atoms with Crippen molar-refractivity contribution in [2.45, 2.75) is 13.0 Å². The Bertz CT molecular complexity index is 223. The lowest BCUT2D eigenvalue weighted by Crippen LogP contribution is -2.13. The molecule has 0 saturated carbocycles. The highest BCUT2D eigenvalue weighted by Crippen LogP contribution is 2.01. The molecule has 0 radical (unpaired) electrons. The van der Waals surface area contributed by atoms with E-state index in [1.807, 2.05) is 11.6 Å². The largest absolute Gasteiger partial charge is 0.310 e. The van der Waals surface area contributed by atoms with E-state index < -0.39 is 0 Å². The Morgan fingerprint density at radius 2 is 2.64 bits per heavy atom. The van der Waals surface area contributed by atoms with Gasteiger partial charge in [-0.1, -0.05) is 0 Å². The molecule has 0 unspecified atom stereocenters. The smallest absolute Gasteiger partial charge is 0.106 e. The Kier molecular flexibility index (Phi) is 3.67. The molecule has 0 aliphatic carbocycles. The van der Waals surface area contributed by atoms with Gasteiger partial charge in [-0.25, -0.2) is 4.98 Å².